The molecule has 11 nitrogen and oxygen atoms in total. The number of carbonyl (C=O) groups is 3. The van der Waals surface area contributed by atoms with Gasteiger partial charge in [-0.3, -0.25) is 19.8 Å². The van der Waals surface area contributed by atoms with Gasteiger partial charge in [-0.25, -0.2) is 0 Å². The lowest BCUT2D eigenvalue weighted by Crippen LogP contribution is -2.50. The maximum atomic E-state index is 13.9. The molecule has 2 amide bonds. The normalized spacial score (nSPS) is 15.0. The average Bonchev–Trinajstić information content (AvgIpc) is 3.28. The van der Waals surface area contributed by atoms with Gasteiger partial charge < -0.3 is 34.2 Å². The van der Waals surface area contributed by atoms with Crippen LogP contribution in [0.4, 0.5) is 5.69 Å². The Balaban J connectivity index is 1.62. The van der Waals surface area contributed by atoms with Crippen molar-refractivity contribution < 1.29 is 28.6 Å². The molecule has 4 rings (SSSR count). The summed E-state index contributed by atoms with van der Waals surface area (Å²) in [6.45, 7) is 11.2. The van der Waals surface area contributed by atoms with Crippen molar-refractivity contribution in [3.05, 3.63) is 52.1 Å². The highest BCUT2D eigenvalue weighted by molar-refractivity contribution is 6.08. The minimum atomic E-state index is -0.310. The Labute approximate surface area is 253 Å². The van der Waals surface area contributed by atoms with Gasteiger partial charge in [-0.15, -0.1) is 0 Å². The number of hydrogen-bond donors (Lipinski definition) is 2. The summed E-state index contributed by atoms with van der Waals surface area (Å²) in [5, 5.41) is 11.5. The lowest BCUT2D eigenvalue weighted by atomic mass is 9.84. The van der Waals surface area contributed by atoms with Gasteiger partial charge in [0.1, 0.15) is 23.9 Å². The van der Waals surface area contributed by atoms with Crippen LogP contribution in [0, 0.1) is 5.41 Å². The van der Waals surface area contributed by atoms with Crippen LogP contribution < -0.4 is 19.7 Å². The molecule has 0 unspecified atom stereocenters. The Morgan fingerprint density at radius 3 is 2.30 bits per heavy atom. The molecule has 0 saturated carbocycles. The van der Waals surface area contributed by atoms with E-state index in [9.17, 15) is 14.4 Å². The van der Waals surface area contributed by atoms with E-state index in [0.29, 0.717) is 67.5 Å². The van der Waals surface area contributed by atoms with Crippen molar-refractivity contribution in [2.24, 2.45) is 0 Å². The van der Waals surface area contributed by atoms with Crippen LogP contribution in [0.3, 0.4) is 0 Å². The molecule has 0 atom stereocenters. The van der Waals surface area contributed by atoms with Gasteiger partial charge in [0.05, 0.1) is 31.5 Å². The van der Waals surface area contributed by atoms with Crippen molar-refractivity contribution in [1.29, 1.82) is 5.41 Å². The number of rotatable bonds is 10. The van der Waals surface area contributed by atoms with Crippen LogP contribution in [0.1, 0.15) is 65.1 Å². The van der Waals surface area contributed by atoms with E-state index < -0.39 is 0 Å². The number of methoxy groups -OCH3 is 2. The van der Waals surface area contributed by atoms with Gasteiger partial charge in [0, 0.05) is 63.6 Å². The second kappa shape index (κ2) is 13.0. The molecule has 0 radical (unpaired) electrons. The summed E-state index contributed by atoms with van der Waals surface area (Å²) in [5.41, 5.74) is 3.75. The van der Waals surface area contributed by atoms with Crippen LogP contribution in [-0.4, -0.2) is 100 Å². The van der Waals surface area contributed by atoms with E-state index in [1.807, 2.05) is 19.1 Å². The SMILES string of the molecule is CCOc1cc2c(cc1C(=O)NC)C(=N)N(CC(=O)c1cc(N3CCN(C(=O)COC)CC3)c(OC)c(C(C)(C)C)c1)C2. The summed E-state index contributed by atoms with van der Waals surface area (Å²) >= 11 is 0. The fourth-order valence-corrected chi connectivity index (χ4v) is 5.61. The third-order valence-corrected chi connectivity index (χ3v) is 7.89. The van der Waals surface area contributed by atoms with Crippen molar-refractivity contribution >= 4 is 29.1 Å². The highest BCUT2D eigenvalue weighted by atomic mass is 16.5. The lowest BCUT2D eigenvalue weighted by molar-refractivity contribution is -0.135. The first-order valence-electron chi connectivity index (χ1n) is 14.6. The number of Topliss-reactive ketones (excluding diaryl/α,β-unsaturated/α-hetero) is 1. The summed E-state index contributed by atoms with van der Waals surface area (Å²) in [5.74, 6) is 0.902. The van der Waals surface area contributed by atoms with E-state index in [4.69, 9.17) is 19.6 Å². The van der Waals surface area contributed by atoms with E-state index in [1.165, 1.54) is 7.11 Å². The number of hydrogen-bond acceptors (Lipinski definition) is 8. The van der Waals surface area contributed by atoms with Gasteiger partial charge in [-0.05, 0) is 42.2 Å². The van der Waals surface area contributed by atoms with Gasteiger partial charge in [0.2, 0.25) is 5.91 Å². The van der Waals surface area contributed by atoms with Crippen LogP contribution in [0.15, 0.2) is 24.3 Å². The average molecular weight is 594 g/mol. The molecule has 2 aromatic carbocycles. The highest BCUT2D eigenvalue weighted by Gasteiger charge is 2.32. The number of benzene rings is 2. The first kappa shape index (κ1) is 31.8. The first-order valence-corrected chi connectivity index (χ1v) is 14.6. The molecule has 1 fully saturated rings. The van der Waals surface area contributed by atoms with Gasteiger partial charge in [0.15, 0.2) is 5.78 Å². The van der Waals surface area contributed by atoms with Crippen LogP contribution in [0.25, 0.3) is 0 Å². The van der Waals surface area contributed by atoms with Gasteiger partial charge in [-0.2, -0.15) is 0 Å². The molecule has 2 heterocycles. The summed E-state index contributed by atoms with van der Waals surface area (Å²) < 4.78 is 16.7. The van der Waals surface area contributed by atoms with Crippen LogP contribution >= 0.6 is 0 Å². The summed E-state index contributed by atoms with van der Waals surface area (Å²) in [7, 11) is 4.70. The molecule has 43 heavy (non-hydrogen) atoms. The topological polar surface area (TPSA) is 124 Å². The van der Waals surface area contributed by atoms with E-state index in [-0.39, 0.29) is 42.0 Å². The lowest BCUT2D eigenvalue weighted by Gasteiger charge is -2.38. The predicted octanol–water partition coefficient (Wildman–Crippen LogP) is 3.07. The first-order chi connectivity index (χ1) is 20.4. The fourth-order valence-electron chi connectivity index (χ4n) is 5.61. The Morgan fingerprint density at radius 1 is 1.02 bits per heavy atom. The van der Waals surface area contributed by atoms with Crippen molar-refractivity contribution in [2.45, 2.75) is 39.7 Å². The minimum Gasteiger partial charge on any atom is -0.494 e. The summed E-state index contributed by atoms with van der Waals surface area (Å²) in [6.07, 6.45) is 0. The Kier molecular flexibility index (Phi) is 9.64. The number of anilines is 1. The standard InChI is InChI=1S/C32H43N5O6/c1-8-43-27-15-21-17-37(30(33)22(21)16-23(27)31(40)34-5)18-26(38)20-13-24(32(2,3)4)29(42-7)25(14-20)35-9-11-36(12-10-35)28(39)19-41-6/h13-16,33H,8-12,17-19H2,1-7H3,(H,34,40). The number of carbonyl (C=O) groups excluding carboxylic acids is 3. The smallest absolute Gasteiger partial charge is 0.254 e. The summed E-state index contributed by atoms with van der Waals surface area (Å²) in [4.78, 5) is 44.4. The molecular formula is C32H43N5O6. The molecule has 0 bridgehead atoms. The van der Waals surface area contributed by atoms with Crippen LogP contribution in [0.2, 0.25) is 0 Å². The van der Waals surface area contributed by atoms with Crippen molar-refractivity contribution in [3.8, 4) is 11.5 Å². The quantitative estimate of drug-likeness (QED) is 0.403. The van der Waals surface area contributed by atoms with Crippen LogP contribution in [-0.2, 0) is 21.5 Å². The van der Waals surface area contributed by atoms with E-state index in [0.717, 1.165) is 16.8 Å². The van der Waals surface area contributed by atoms with E-state index in [1.54, 1.807) is 36.1 Å². The third-order valence-electron chi connectivity index (χ3n) is 7.89. The third kappa shape index (κ3) is 6.61. The van der Waals surface area contributed by atoms with Crippen molar-refractivity contribution in [2.75, 3.05) is 72.1 Å². The van der Waals surface area contributed by atoms with Gasteiger partial charge in [-0.1, -0.05) is 20.8 Å². The predicted molar refractivity (Wildman–Crippen MR) is 165 cm³/mol. The molecule has 0 spiro atoms. The number of amidine groups is 1. The van der Waals surface area contributed by atoms with Crippen LogP contribution in [0.5, 0.6) is 11.5 Å². The molecule has 2 aliphatic rings. The molecule has 0 aromatic heterocycles. The largest absolute Gasteiger partial charge is 0.494 e. The number of fused-ring (bicyclic) bond motifs is 1. The van der Waals surface area contributed by atoms with E-state index >= 15 is 0 Å². The molecular weight excluding hydrogens is 550 g/mol. The maximum absolute atomic E-state index is 13.9. The number of ether oxygens (including phenoxy) is 3. The fraction of sp³-hybridized carbons (Fsp3) is 0.500. The second-order valence-electron chi connectivity index (χ2n) is 11.8. The summed E-state index contributed by atoms with van der Waals surface area (Å²) in [6, 6.07) is 7.23. The van der Waals surface area contributed by atoms with Gasteiger partial charge >= 0.3 is 0 Å². The van der Waals surface area contributed by atoms with Crippen molar-refractivity contribution in [3.63, 3.8) is 0 Å². The van der Waals surface area contributed by atoms with Gasteiger partial charge in [0.25, 0.3) is 5.91 Å². The minimum absolute atomic E-state index is 0.00143. The monoisotopic (exact) mass is 593 g/mol. The highest BCUT2D eigenvalue weighted by Crippen LogP contribution is 2.41. The number of piperazine rings is 1. The van der Waals surface area contributed by atoms with E-state index in [2.05, 4.69) is 31.0 Å². The molecule has 2 aromatic rings. The van der Waals surface area contributed by atoms with Crippen molar-refractivity contribution in [1.82, 2.24) is 15.1 Å². The Morgan fingerprint density at radius 2 is 1.72 bits per heavy atom. The molecule has 11 heteroatoms. The maximum Gasteiger partial charge on any atom is 0.254 e. The zero-order valence-corrected chi connectivity index (χ0v) is 26.3. The second-order valence-corrected chi connectivity index (χ2v) is 11.8. The number of ketones is 1. The molecule has 2 aliphatic heterocycles. The zero-order chi connectivity index (χ0) is 31.5. The molecule has 0 aliphatic carbocycles. The number of nitrogens with one attached hydrogen (secondary N) is 2. The Bertz CT molecular complexity index is 1410. The number of nitrogens with zero attached hydrogens (tertiary/aromatic N) is 3. The molecule has 232 valence electrons. The zero-order valence-electron chi connectivity index (χ0n) is 26.3. The molecule has 2 N–H and O–H groups in total. The molecule has 1 saturated heterocycles. The Hall–Kier alpha value is -4.12. The number of amides is 2.